The van der Waals surface area contributed by atoms with E-state index in [1.807, 2.05) is 0 Å². The number of likely N-dealkylation sites (tertiary alicyclic amines) is 1. The predicted octanol–water partition coefficient (Wildman–Crippen LogP) is 1.76. The highest BCUT2D eigenvalue weighted by atomic mass is 16.5. The number of hydrogen-bond acceptors (Lipinski definition) is 3. The van der Waals surface area contributed by atoms with Crippen molar-refractivity contribution in [1.29, 1.82) is 0 Å². The molecule has 0 radical (unpaired) electrons. The van der Waals surface area contributed by atoms with Gasteiger partial charge < -0.3 is 10.5 Å². The van der Waals surface area contributed by atoms with Crippen LogP contribution in [0.15, 0.2) is 0 Å². The van der Waals surface area contributed by atoms with Gasteiger partial charge in [0.15, 0.2) is 0 Å². The molecule has 0 aromatic heterocycles. The molecule has 3 atom stereocenters. The molecule has 2 fully saturated rings. The summed E-state index contributed by atoms with van der Waals surface area (Å²) in [4.78, 5) is 2.58. The van der Waals surface area contributed by atoms with Gasteiger partial charge >= 0.3 is 0 Å². The fraction of sp³-hybridized carbons (Fsp3) is 1.00. The predicted molar refractivity (Wildman–Crippen MR) is 66.4 cm³/mol. The van der Waals surface area contributed by atoms with Crippen molar-refractivity contribution in [1.82, 2.24) is 4.90 Å². The average Bonchev–Trinajstić information content (AvgIpc) is 2.76. The summed E-state index contributed by atoms with van der Waals surface area (Å²) in [5.41, 5.74) is 6.28. The second-order valence-electron chi connectivity index (χ2n) is 5.97. The summed E-state index contributed by atoms with van der Waals surface area (Å²) in [5, 5.41) is 0. The maximum absolute atomic E-state index is 6.00. The summed E-state index contributed by atoms with van der Waals surface area (Å²) in [6.45, 7) is 8.74. The normalized spacial score (nSPS) is 36.8. The van der Waals surface area contributed by atoms with Crippen molar-refractivity contribution >= 4 is 0 Å². The van der Waals surface area contributed by atoms with Gasteiger partial charge in [-0.05, 0) is 53.0 Å². The van der Waals surface area contributed by atoms with Crippen LogP contribution in [-0.4, -0.2) is 41.8 Å². The Morgan fingerprint density at radius 1 is 1.44 bits per heavy atom. The SMILES string of the molecule is CC1CCC(C(CN)N2CCCC2(C)C)O1. The Kier molecular flexibility index (Phi) is 3.57. The molecule has 0 saturated carbocycles. The van der Waals surface area contributed by atoms with Crippen LogP contribution in [0.1, 0.15) is 46.5 Å². The first-order valence-electron chi connectivity index (χ1n) is 6.67. The van der Waals surface area contributed by atoms with Crippen LogP contribution in [0.25, 0.3) is 0 Å². The van der Waals surface area contributed by atoms with Crippen molar-refractivity contribution in [3.05, 3.63) is 0 Å². The maximum atomic E-state index is 6.00. The zero-order valence-corrected chi connectivity index (χ0v) is 10.9. The molecule has 0 bridgehead atoms. The van der Waals surface area contributed by atoms with Gasteiger partial charge in [-0.1, -0.05) is 0 Å². The van der Waals surface area contributed by atoms with E-state index in [1.165, 1.54) is 32.2 Å². The van der Waals surface area contributed by atoms with E-state index >= 15 is 0 Å². The van der Waals surface area contributed by atoms with Crippen LogP contribution in [-0.2, 0) is 4.74 Å². The molecule has 2 heterocycles. The molecule has 0 amide bonds. The van der Waals surface area contributed by atoms with Gasteiger partial charge in [0, 0.05) is 18.1 Å². The molecular formula is C13H26N2O. The van der Waals surface area contributed by atoms with Crippen LogP contribution >= 0.6 is 0 Å². The van der Waals surface area contributed by atoms with Crippen molar-refractivity contribution in [2.45, 2.75) is 70.2 Å². The Hall–Kier alpha value is -0.120. The van der Waals surface area contributed by atoms with Gasteiger partial charge in [0.25, 0.3) is 0 Å². The van der Waals surface area contributed by atoms with E-state index in [2.05, 4.69) is 25.7 Å². The zero-order chi connectivity index (χ0) is 11.8. The van der Waals surface area contributed by atoms with E-state index in [4.69, 9.17) is 10.5 Å². The lowest BCUT2D eigenvalue weighted by Crippen LogP contribution is -2.54. The van der Waals surface area contributed by atoms with Crippen LogP contribution in [0.2, 0.25) is 0 Å². The van der Waals surface area contributed by atoms with Crippen molar-refractivity contribution < 1.29 is 4.74 Å². The van der Waals surface area contributed by atoms with Crippen LogP contribution in [0.5, 0.6) is 0 Å². The first kappa shape index (κ1) is 12.3. The molecule has 2 saturated heterocycles. The molecule has 0 spiro atoms. The van der Waals surface area contributed by atoms with Gasteiger partial charge in [0.2, 0.25) is 0 Å². The van der Waals surface area contributed by atoms with Gasteiger partial charge in [0.05, 0.1) is 12.2 Å². The molecule has 94 valence electrons. The number of ether oxygens (including phenoxy) is 1. The summed E-state index contributed by atoms with van der Waals surface area (Å²) in [5.74, 6) is 0. The lowest BCUT2D eigenvalue weighted by molar-refractivity contribution is -0.0222. The minimum Gasteiger partial charge on any atom is -0.374 e. The van der Waals surface area contributed by atoms with E-state index < -0.39 is 0 Å². The average molecular weight is 226 g/mol. The first-order chi connectivity index (χ1) is 7.54. The minimum absolute atomic E-state index is 0.305. The number of hydrogen-bond donors (Lipinski definition) is 1. The van der Waals surface area contributed by atoms with Crippen molar-refractivity contribution in [3.63, 3.8) is 0 Å². The van der Waals surface area contributed by atoms with Crippen molar-refractivity contribution in [3.8, 4) is 0 Å². The number of nitrogens with zero attached hydrogens (tertiary/aromatic N) is 1. The standard InChI is InChI=1S/C13H26N2O/c1-10-5-6-12(16-10)11(9-14)15-8-4-7-13(15,2)3/h10-12H,4-9,14H2,1-3H3. The molecule has 3 unspecified atom stereocenters. The third-order valence-electron chi connectivity index (χ3n) is 4.30. The van der Waals surface area contributed by atoms with Gasteiger partial charge in [0.1, 0.15) is 0 Å². The van der Waals surface area contributed by atoms with Crippen molar-refractivity contribution in [2.75, 3.05) is 13.1 Å². The van der Waals surface area contributed by atoms with Crippen LogP contribution in [0.3, 0.4) is 0 Å². The minimum atomic E-state index is 0.305. The number of nitrogens with two attached hydrogens (primary N) is 1. The molecular weight excluding hydrogens is 200 g/mol. The van der Waals surface area contributed by atoms with E-state index in [9.17, 15) is 0 Å². The Morgan fingerprint density at radius 3 is 2.62 bits per heavy atom. The van der Waals surface area contributed by atoms with Gasteiger partial charge in [-0.15, -0.1) is 0 Å². The van der Waals surface area contributed by atoms with Crippen LogP contribution in [0, 0.1) is 0 Å². The molecule has 3 heteroatoms. The van der Waals surface area contributed by atoms with E-state index in [0.29, 0.717) is 23.8 Å². The summed E-state index contributed by atoms with van der Waals surface area (Å²) in [6.07, 6.45) is 5.73. The molecule has 2 rings (SSSR count). The molecule has 2 aliphatic heterocycles. The molecule has 0 aliphatic carbocycles. The van der Waals surface area contributed by atoms with E-state index in [-0.39, 0.29) is 0 Å². The van der Waals surface area contributed by atoms with Crippen molar-refractivity contribution in [2.24, 2.45) is 5.73 Å². The third-order valence-corrected chi connectivity index (χ3v) is 4.30. The molecule has 2 N–H and O–H groups in total. The highest BCUT2D eigenvalue weighted by molar-refractivity contribution is 4.96. The quantitative estimate of drug-likeness (QED) is 0.797. The zero-order valence-electron chi connectivity index (χ0n) is 10.9. The lowest BCUT2D eigenvalue weighted by atomic mass is 9.97. The summed E-state index contributed by atoms with van der Waals surface area (Å²) in [7, 11) is 0. The molecule has 0 aromatic carbocycles. The topological polar surface area (TPSA) is 38.5 Å². The first-order valence-corrected chi connectivity index (χ1v) is 6.67. The van der Waals surface area contributed by atoms with Crippen LogP contribution in [0.4, 0.5) is 0 Å². The maximum Gasteiger partial charge on any atom is 0.0747 e. The molecule has 2 aliphatic rings. The second-order valence-corrected chi connectivity index (χ2v) is 5.97. The van der Waals surface area contributed by atoms with Gasteiger partial charge in [-0.2, -0.15) is 0 Å². The highest BCUT2D eigenvalue weighted by Crippen LogP contribution is 2.34. The van der Waals surface area contributed by atoms with Crippen LogP contribution < -0.4 is 5.73 Å². The summed E-state index contributed by atoms with van der Waals surface area (Å²) >= 11 is 0. The lowest BCUT2D eigenvalue weighted by Gasteiger charge is -2.40. The van der Waals surface area contributed by atoms with E-state index in [1.54, 1.807) is 0 Å². The third kappa shape index (κ3) is 2.27. The fourth-order valence-electron chi connectivity index (χ4n) is 3.34. The summed E-state index contributed by atoms with van der Waals surface area (Å²) in [6, 6.07) is 0.419. The fourth-order valence-corrected chi connectivity index (χ4v) is 3.34. The smallest absolute Gasteiger partial charge is 0.0747 e. The van der Waals surface area contributed by atoms with Gasteiger partial charge in [-0.3, -0.25) is 4.90 Å². The summed E-state index contributed by atoms with van der Waals surface area (Å²) < 4.78 is 6.00. The van der Waals surface area contributed by atoms with Gasteiger partial charge in [-0.25, -0.2) is 0 Å². The molecule has 0 aromatic rings. The molecule has 16 heavy (non-hydrogen) atoms. The second kappa shape index (κ2) is 4.63. The monoisotopic (exact) mass is 226 g/mol. The Bertz CT molecular complexity index is 242. The molecule has 3 nitrogen and oxygen atoms in total. The Morgan fingerprint density at radius 2 is 2.19 bits per heavy atom. The van der Waals surface area contributed by atoms with E-state index in [0.717, 1.165) is 6.54 Å². The highest BCUT2D eigenvalue weighted by Gasteiger charge is 2.41. The Balaban J connectivity index is 2.04. The number of rotatable bonds is 3. The Labute approximate surface area is 99.3 Å². The largest absolute Gasteiger partial charge is 0.374 e.